The molecule has 0 aliphatic rings. The van der Waals surface area contributed by atoms with E-state index in [0.717, 1.165) is 4.47 Å². The maximum Gasteiger partial charge on any atom is 0.338 e. The second-order valence-corrected chi connectivity index (χ2v) is 5.92. The smallest absolute Gasteiger partial charge is 0.338 e. The Morgan fingerprint density at radius 2 is 1.88 bits per heavy atom. The number of esters is 1. The Labute approximate surface area is 149 Å². The van der Waals surface area contributed by atoms with Gasteiger partial charge in [0.05, 0.1) is 12.2 Å². The summed E-state index contributed by atoms with van der Waals surface area (Å²) in [5, 5.41) is 2.77. The van der Waals surface area contributed by atoms with Crippen LogP contribution in [0.25, 0.3) is 0 Å². The van der Waals surface area contributed by atoms with Crippen LogP contribution in [-0.2, 0) is 9.53 Å². The van der Waals surface area contributed by atoms with Crippen molar-refractivity contribution in [3.8, 4) is 5.75 Å². The van der Waals surface area contributed by atoms with Crippen molar-refractivity contribution in [2.45, 2.75) is 20.0 Å². The number of ether oxygens (including phenoxy) is 2. The van der Waals surface area contributed by atoms with Gasteiger partial charge in [0, 0.05) is 10.2 Å². The van der Waals surface area contributed by atoms with Gasteiger partial charge in [-0.2, -0.15) is 0 Å². The van der Waals surface area contributed by atoms with Gasteiger partial charge in [-0.1, -0.05) is 22.0 Å². The number of anilines is 1. The molecule has 1 N–H and O–H groups in total. The Balaban J connectivity index is 1.99. The summed E-state index contributed by atoms with van der Waals surface area (Å²) in [5.41, 5.74) is 1.06. The minimum atomic E-state index is -0.717. The van der Waals surface area contributed by atoms with Crippen LogP contribution in [0.15, 0.2) is 53.0 Å². The van der Waals surface area contributed by atoms with E-state index >= 15 is 0 Å². The van der Waals surface area contributed by atoms with Crippen LogP contribution in [0.5, 0.6) is 5.75 Å². The van der Waals surface area contributed by atoms with Gasteiger partial charge in [-0.3, -0.25) is 4.79 Å². The normalized spacial score (nSPS) is 11.5. The molecule has 1 amide bonds. The molecule has 0 aliphatic heterocycles. The maximum atomic E-state index is 12.2. The first kappa shape index (κ1) is 18.0. The molecule has 126 valence electrons. The second kappa shape index (κ2) is 8.49. The lowest BCUT2D eigenvalue weighted by molar-refractivity contribution is -0.122. The van der Waals surface area contributed by atoms with Crippen molar-refractivity contribution in [2.75, 3.05) is 11.9 Å². The van der Waals surface area contributed by atoms with Crippen LogP contribution in [0.1, 0.15) is 24.2 Å². The molecule has 0 fully saturated rings. The van der Waals surface area contributed by atoms with Crippen LogP contribution in [0.2, 0.25) is 0 Å². The van der Waals surface area contributed by atoms with Gasteiger partial charge in [-0.15, -0.1) is 0 Å². The molecule has 0 spiro atoms. The summed E-state index contributed by atoms with van der Waals surface area (Å²) in [5.74, 6) is -0.271. The Hall–Kier alpha value is -2.34. The maximum absolute atomic E-state index is 12.2. The number of rotatable bonds is 6. The van der Waals surface area contributed by atoms with Gasteiger partial charge in [0.1, 0.15) is 5.75 Å². The first-order chi connectivity index (χ1) is 11.5. The van der Waals surface area contributed by atoms with Gasteiger partial charge >= 0.3 is 5.97 Å². The van der Waals surface area contributed by atoms with Crippen LogP contribution in [-0.4, -0.2) is 24.6 Å². The number of nitrogens with one attached hydrogen (secondary N) is 1. The summed E-state index contributed by atoms with van der Waals surface area (Å²) in [6.45, 7) is 3.69. The SMILES string of the molecule is CCOC(=O)c1cccc(O[C@@H](C)C(=O)Nc2ccc(Br)cc2)c1. The van der Waals surface area contributed by atoms with Crippen molar-refractivity contribution in [3.05, 3.63) is 58.6 Å². The highest BCUT2D eigenvalue weighted by molar-refractivity contribution is 9.10. The summed E-state index contributed by atoms with van der Waals surface area (Å²) < 4.78 is 11.5. The average Bonchev–Trinajstić information content (AvgIpc) is 2.57. The first-order valence-electron chi connectivity index (χ1n) is 7.50. The highest BCUT2D eigenvalue weighted by Crippen LogP contribution is 2.18. The molecule has 6 heteroatoms. The van der Waals surface area contributed by atoms with Crippen LogP contribution in [0, 0.1) is 0 Å². The van der Waals surface area contributed by atoms with E-state index < -0.39 is 12.1 Å². The lowest BCUT2D eigenvalue weighted by Gasteiger charge is -2.15. The van der Waals surface area contributed by atoms with Crippen molar-refractivity contribution in [2.24, 2.45) is 0 Å². The van der Waals surface area contributed by atoms with Gasteiger partial charge in [-0.25, -0.2) is 4.79 Å². The molecule has 2 aromatic rings. The number of hydrogen-bond acceptors (Lipinski definition) is 4. The minimum absolute atomic E-state index is 0.279. The van der Waals surface area contributed by atoms with E-state index in [1.165, 1.54) is 0 Å². The van der Waals surface area contributed by atoms with Gasteiger partial charge in [0.2, 0.25) is 0 Å². The molecule has 0 radical (unpaired) electrons. The highest BCUT2D eigenvalue weighted by atomic mass is 79.9. The molecule has 0 aromatic heterocycles. The largest absolute Gasteiger partial charge is 0.481 e. The lowest BCUT2D eigenvalue weighted by Crippen LogP contribution is -2.30. The summed E-state index contributed by atoms with van der Waals surface area (Å²) in [6, 6.07) is 13.8. The zero-order chi connectivity index (χ0) is 17.5. The van der Waals surface area contributed by atoms with Crippen molar-refractivity contribution in [1.29, 1.82) is 0 Å². The van der Waals surface area contributed by atoms with E-state index in [-0.39, 0.29) is 5.91 Å². The Bertz CT molecular complexity index is 715. The number of hydrogen-bond donors (Lipinski definition) is 1. The first-order valence-corrected chi connectivity index (χ1v) is 8.29. The average molecular weight is 392 g/mol. The van der Waals surface area contributed by atoms with Crippen LogP contribution in [0.4, 0.5) is 5.69 Å². The molecular formula is C18H18BrNO4. The molecular weight excluding hydrogens is 374 g/mol. The van der Waals surface area contributed by atoms with E-state index in [1.54, 1.807) is 50.2 Å². The van der Waals surface area contributed by atoms with Crippen LogP contribution in [0.3, 0.4) is 0 Å². The van der Waals surface area contributed by atoms with Crippen molar-refractivity contribution in [1.82, 2.24) is 0 Å². The topological polar surface area (TPSA) is 64.6 Å². The highest BCUT2D eigenvalue weighted by Gasteiger charge is 2.16. The molecule has 0 saturated carbocycles. The van der Waals surface area contributed by atoms with E-state index in [0.29, 0.717) is 23.6 Å². The zero-order valence-corrected chi connectivity index (χ0v) is 15.0. The third-order valence-electron chi connectivity index (χ3n) is 3.14. The molecule has 1 atom stereocenters. The van der Waals surface area contributed by atoms with Crippen molar-refractivity contribution >= 4 is 33.5 Å². The predicted octanol–water partition coefficient (Wildman–Crippen LogP) is 4.03. The predicted molar refractivity (Wildman–Crippen MR) is 95.3 cm³/mol. The molecule has 5 nitrogen and oxygen atoms in total. The number of carbonyl (C=O) groups is 2. The van der Waals surface area contributed by atoms with E-state index in [4.69, 9.17) is 9.47 Å². The summed E-state index contributed by atoms with van der Waals surface area (Å²) in [7, 11) is 0. The molecule has 0 unspecified atom stereocenters. The Morgan fingerprint density at radius 1 is 1.17 bits per heavy atom. The molecule has 0 aliphatic carbocycles. The zero-order valence-electron chi connectivity index (χ0n) is 13.4. The number of amides is 1. The third-order valence-corrected chi connectivity index (χ3v) is 3.67. The quantitative estimate of drug-likeness (QED) is 0.754. The van der Waals surface area contributed by atoms with Crippen molar-refractivity contribution < 1.29 is 19.1 Å². The Morgan fingerprint density at radius 3 is 2.54 bits per heavy atom. The van der Waals surface area contributed by atoms with Crippen LogP contribution >= 0.6 is 15.9 Å². The number of carbonyl (C=O) groups excluding carboxylic acids is 2. The molecule has 0 saturated heterocycles. The fourth-order valence-electron chi connectivity index (χ4n) is 1.95. The molecule has 2 aromatic carbocycles. The second-order valence-electron chi connectivity index (χ2n) is 5.00. The molecule has 24 heavy (non-hydrogen) atoms. The fraction of sp³-hybridized carbons (Fsp3) is 0.222. The minimum Gasteiger partial charge on any atom is -0.481 e. The Kier molecular flexibility index (Phi) is 6.37. The summed E-state index contributed by atoms with van der Waals surface area (Å²) >= 11 is 3.34. The third kappa shape index (κ3) is 5.09. The van der Waals surface area contributed by atoms with Gasteiger partial charge in [-0.05, 0) is 56.3 Å². The van der Waals surface area contributed by atoms with Crippen LogP contribution < -0.4 is 10.1 Å². The monoisotopic (exact) mass is 391 g/mol. The van der Waals surface area contributed by atoms with E-state index in [1.807, 2.05) is 12.1 Å². The van der Waals surface area contributed by atoms with Crippen molar-refractivity contribution in [3.63, 3.8) is 0 Å². The standard InChI is InChI=1S/C18H18BrNO4/c1-3-23-18(22)13-5-4-6-16(11-13)24-12(2)17(21)20-15-9-7-14(19)8-10-15/h4-12H,3H2,1-2H3,(H,20,21)/t12-/m0/s1. The van der Waals surface area contributed by atoms with Gasteiger partial charge in [0.15, 0.2) is 6.10 Å². The molecule has 2 rings (SSSR count). The molecule has 0 heterocycles. The fourth-order valence-corrected chi connectivity index (χ4v) is 2.21. The summed E-state index contributed by atoms with van der Waals surface area (Å²) in [4.78, 5) is 23.9. The molecule has 0 bridgehead atoms. The van der Waals surface area contributed by atoms with Gasteiger partial charge in [0.25, 0.3) is 5.91 Å². The number of benzene rings is 2. The summed E-state index contributed by atoms with van der Waals surface area (Å²) in [6.07, 6.45) is -0.717. The number of halogens is 1. The van der Waals surface area contributed by atoms with E-state index in [9.17, 15) is 9.59 Å². The van der Waals surface area contributed by atoms with Gasteiger partial charge < -0.3 is 14.8 Å². The lowest BCUT2D eigenvalue weighted by atomic mass is 10.2. The van der Waals surface area contributed by atoms with E-state index in [2.05, 4.69) is 21.2 Å².